The van der Waals surface area contributed by atoms with Gasteiger partial charge in [-0.25, -0.2) is 0 Å². The number of ether oxygens (including phenoxy) is 2. The molecule has 0 aromatic heterocycles. The van der Waals surface area contributed by atoms with Gasteiger partial charge in [0.2, 0.25) is 5.91 Å². The Balaban J connectivity index is 1.75. The van der Waals surface area contributed by atoms with Gasteiger partial charge < -0.3 is 14.8 Å². The lowest BCUT2D eigenvalue weighted by Crippen LogP contribution is -2.44. The lowest BCUT2D eigenvalue weighted by Gasteiger charge is -2.33. The molecule has 1 N–H and O–H groups in total. The van der Waals surface area contributed by atoms with E-state index < -0.39 is 11.0 Å². The van der Waals surface area contributed by atoms with Crippen molar-refractivity contribution in [3.8, 4) is 11.5 Å². The highest BCUT2D eigenvalue weighted by Crippen LogP contribution is 2.34. The highest BCUT2D eigenvalue weighted by atomic mass is 35.5. The molecule has 3 rings (SSSR count). The Morgan fingerprint density at radius 1 is 1.21 bits per heavy atom. The van der Waals surface area contributed by atoms with Gasteiger partial charge in [-0.05, 0) is 42.7 Å². The van der Waals surface area contributed by atoms with Crippen molar-refractivity contribution in [3.63, 3.8) is 0 Å². The van der Waals surface area contributed by atoms with E-state index in [1.54, 1.807) is 21.1 Å². The number of amides is 1. The van der Waals surface area contributed by atoms with Crippen LogP contribution >= 0.6 is 11.6 Å². The summed E-state index contributed by atoms with van der Waals surface area (Å²) in [5.74, 6) is 1.05. The van der Waals surface area contributed by atoms with E-state index in [-0.39, 0.29) is 22.3 Å². The fourth-order valence-corrected chi connectivity index (χ4v) is 3.53. The minimum Gasteiger partial charge on any atom is -0.493 e. The zero-order valence-electron chi connectivity index (χ0n) is 16.4. The van der Waals surface area contributed by atoms with Crippen molar-refractivity contribution in [3.05, 3.63) is 56.6 Å². The maximum absolute atomic E-state index is 12.8. The standard InChI is InChI=1S/C20H22ClN3O5/c1-12(20(25)22-17-10-15(24(26)27)4-5-16(17)21)23-7-6-13-8-18(28-2)19(29-3)9-14(13)11-23/h4-5,8-10,12H,6-7,11H2,1-3H3,(H,22,25). The van der Waals surface area contributed by atoms with Crippen LogP contribution in [-0.4, -0.2) is 42.5 Å². The van der Waals surface area contributed by atoms with E-state index >= 15 is 0 Å². The number of nitro groups is 1. The third kappa shape index (κ3) is 4.44. The number of halogens is 1. The Labute approximate surface area is 173 Å². The van der Waals surface area contributed by atoms with Crippen molar-refractivity contribution in [2.45, 2.75) is 25.9 Å². The minimum absolute atomic E-state index is 0.134. The van der Waals surface area contributed by atoms with Crippen LogP contribution in [0.3, 0.4) is 0 Å². The second-order valence-corrected chi connectivity index (χ2v) is 7.19. The Morgan fingerprint density at radius 2 is 1.86 bits per heavy atom. The number of nitrogens with zero attached hydrogens (tertiary/aromatic N) is 2. The Morgan fingerprint density at radius 3 is 2.48 bits per heavy atom. The minimum atomic E-state index is -0.529. The van der Waals surface area contributed by atoms with Crippen LogP contribution in [0.2, 0.25) is 5.02 Å². The average molecular weight is 420 g/mol. The van der Waals surface area contributed by atoms with Crippen molar-refractivity contribution >= 4 is 28.9 Å². The van der Waals surface area contributed by atoms with Crippen molar-refractivity contribution in [1.82, 2.24) is 4.90 Å². The molecule has 1 unspecified atom stereocenters. The number of anilines is 1. The van der Waals surface area contributed by atoms with Gasteiger partial charge in [-0.2, -0.15) is 0 Å². The molecule has 0 saturated heterocycles. The van der Waals surface area contributed by atoms with E-state index in [9.17, 15) is 14.9 Å². The van der Waals surface area contributed by atoms with Crippen LogP contribution in [0.5, 0.6) is 11.5 Å². The highest BCUT2D eigenvalue weighted by molar-refractivity contribution is 6.33. The second-order valence-electron chi connectivity index (χ2n) is 6.78. The summed E-state index contributed by atoms with van der Waals surface area (Å²) in [6.07, 6.45) is 0.769. The van der Waals surface area contributed by atoms with E-state index in [2.05, 4.69) is 5.32 Å². The number of nitro benzene ring substituents is 1. The SMILES string of the molecule is COc1cc2c(cc1OC)CN(C(C)C(=O)Nc1cc([N+](=O)[O-])ccc1Cl)CC2. The van der Waals surface area contributed by atoms with Crippen molar-refractivity contribution < 1.29 is 19.2 Å². The van der Waals surface area contributed by atoms with Gasteiger partial charge in [0.05, 0.1) is 35.9 Å². The maximum Gasteiger partial charge on any atom is 0.271 e. The van der Waals surface area contributed by atoms with Gasteiger partial charge in [0.25, 0.3) is 5.69 Å². The number of hydrogen-bond donors (Lipinski definition) is 1. The molecular formula is C20H22ClN3O5. The highest BCUT2D eigenvalue weighted by Gasteiger charge is 2.27. The summed E-state index contributed by atoms with van der Waals surface area (Å²) < 4.78 is 10.7. The first-order valence-electron chi connectivity index (χ1n) is 9.06. The molecule has 0 fully saturated rings. The van der Waals surface area contributed by atoms with Crippen molar-refractivity contribution in [2.75, 3.05) is 26.1 Å². The number of rotatable bonds is 6. The first-order valence-corrected chi connectivity index (χ1v) is 9.44. The molecule has 29 heavy (non-hydrogen) atoms. The summed E-state index contributed by atoms with van der Waals surface area (Å²) in [5, 5.41) is 13.9. The summed E-state index contributed by atoms with van der Waals surface area (Å²) in [6, 6.07) is 7.41. The smallest absolute Gasteiger partial charge is 0.271 e. The van der Waals surface area contributed by atoms with Crippen molar-refractivity contribution in [2.24, 2.45) is 0 Å². The average Bonchev–Trinajstić information content (AvgIpc) is 2.72. The normalized spacial score (nSPS) is 14.6. The molecule has 1 atom stereocenters. The number of methoxy groups -OCH3 is 2. The fraction of sp³-hybridized carbons (Fsp3) is 0.350. The molecule has 0 bridgehead atoms. The molecule has 154 valence electrons. The molecule has 0 saturated carbocycles. The van der Waals surface area contributed by atoms with Crippen LogP contribution < -0.4 is 14.8 Å². The van der Waals surface area contributed by atoms with Gasteiger partial charge in [0.1, 0.15) is 0 Å². The van der Waals surface area contributed by atoms with E-state index in [0.29, 0.717) is 24.6 Å². The summed E-state index contributed by atoms with van der Waals surface area (Å²) in [6.45, 7) is 3.07. The quantitative estimate of drug-likeness (QED) is 0.567. The number of benzene rings is 2. The molecule has 1 aliphatic rings. The number of carbonyl (C=O) groups is 1. The number of nitrogens with one attached hydrogen (secondary N) is 1. The van der Waals surface area contributed by atoms with Gasteiger partial charge in [-0.15, -0.1) is 0 Å². The molecule has 8 nitrogen and oxygen atoms in total. The summed E-state index contributed by atoms with van der Waals surface area (Å²) >= 11 is 6.09. The Kier molecular flexibility index (Phi) is 6.24. The third-order valence-corrected chi connectivity index (χ3v) is 5.42. The van der Waals surface area contributed by atoms with Gasteiger partial charge >= 0.3 is 0 Å². The summed E-state index contributed by atoms with van der Waals surface area (Å²) in [5.41, 5.74) is 2.32. The van der Waals surface area contributed by atoms with Gasteiger partial charge in [-0.3, -0.25) is 19.8 Å². The van der Waals surface area contributed by atoms with Crippen LogP contribution in [-0.2, 0) is 17.8 Å². The lowest BCUT2D eigenvalue weighted by molar-refractivity contribution is -0.384. The first kappa shape index (κ1) is 20.9. The predicted molar refractivity (Wildman–Crippen MR) is 110 cm³/mol. The number of carbonyl (C=O) groups excluding carboxylic acids is 1. The molecule has 1 amide bonds. The lowest BCUT2D eigenvalue weighted by atomic mass is 9.97. The summed E-state index contributed by atoms with van der Waals surface area (Å²) in [7, 11) is 3.19. The molecule has 1 aliphatic heterocycles. The molecule has 0 spiro atoms. The topological polar surface area (TPSA) is 93.9 Å². The molecule has 2 aromatic rings. The first-order chi connectivity index (χ1) is 13.8. The van der Waals surface area contributed by atoms with E-state index in [1.807, 2.05) is 17.0 Å². The van der Waals surface area contributed by atoms with E-state index in [1.165, 1.54) is 18.2 Å². The zero-order chi connectivity index (χ0) is 21.1. The van der Waals surface area contributed by atoms with E-state index in [4.69, 9.17) is 21.1 Å². The second kappa shape index (κ2) is 8.67. The van der Waals surface area contributed by atoms with Crippen molar-refractivity contribution in [1.29, 1.82) is 0 Å². The Bertz CT molecular complexity index is 950. The predicted octanol–water partition coefficient (Wildman–Crippen LogP) is 3.65. The summed E-state index contributed by atoms with van der Waals surface area (Å²) in [4.78, 5) is 25.2. The van der Waals surface area contributed by atoms with Crippen LogP contribution in [0.1, 0.15) is 18.1 Å². The van der Waals surface area contributed by atoms with Crippen LogP contribution in [0.15, 0.2) is 30.3 Å². The molecular weight excluding hydrogens is 398 g/mol. The van der Waals surface area contributed by atoms with Crippen LogP contribution in [0.4, 0.5) is 11.4 Å². The molecule has 0 aliphatic carbocycles. The zero-order valence-corrected chi connectivity index (χ0v) is 17.2. The van der Waals surface area contributed by atoms with E-state index in [0.717, 1.165) is 17.5 Å². The van der Waals surface area contributed by atoms with Gasteiger partial charge in [0.15, 0.2) is 11.5 Å². The molecule has 9 heteroatoms. The van der Waals surface area contributed by atoms with Gasteiger partial charge in [0, 0.05) is 25.2 Å². The maximum atomic E-state index is 12.8. The Hall–Kier alpha value is -2.84. The third-order valence-electron chi connectivity index (χ3n) is 5.09. The molecule has 1 heterocycles. The van der Waals surface area contributed by atoms with Gasteiger partial charge in [-0.1, -0.05) is 11.6 Å². The number of non-ortho nitro benzene ring substituents is 1. The molecule has 0 radical (unpaired) electrons. The largest absolute Gasteiger partial charge is 0.493 e. The van der Waals surface area contributed by atoms with Crippen LogP contribution in [0, 0.1) is 10.1 Å². The fourth-order valence-electron chi connectivity index (χ4n) is 3.36. The number of fused-ring (bicyclic) bond motifs is 1. The molecule has 2 aromatic carbocycles. The number of hydrogen-bond acceptors (Lipinski definition) is 6. The monoisotopic (exact) mass is 419 g/mol. The van der Waals surface area contributed by atoms with Crippen LogP contribution in [0.25, 0.3) is 0 Å².